The summed E-state index contributed by atoms with van der Waals surface area (Å²) >= 11 is 6.82. The van der Waals surface area contributed by atoms with Gasteiger partial charge < -0.3 is 10.1 Å². The molecule has 5 aromatic carbocycles. The minimum atomic E-state index is -0.810. The molecule has 5 aromatic rings. The van der Waals surface area contributed by atoms with Crippen LogP contribution in [-0.4, -0.2) is 17.9 Å². The number of ketones is 1. The van der Waals surface area contributed by atoms with Crippen LogP contribution in [0.15, 0.2) is 127 Å². The third kappa shape index (κ3) is 5.27. The number of alkyl carbamates (subject to hydrolysis) is 1. The van der Waals surface area contributed by atoms with E-state index in [0.717, 1.165) is 38.9 Å². The summed E-state index contributed by atoms with van der Waals surface area (Å²) in [5.74, 6) is -0.338. The number of nitrogens with one attached hydrogen (secondary N) is 1. The van der Waals surface area contributed by atoms with Gasteiger partial charge in [0, 0.05) is 27.6 Å². The molecule has 1 aliphatic carbocycles. The van der Waals surface area contributed by atoms with E-state index in [1.165, 1.54) is 0 Å². The van der Waals surface area contributed by atoms with Crippen molar-refractivity contribution in [2.45, 2.75) is 25.0 Å². The summed E-state index contributed by atoms with van der Waals surface area (Å²) in [6.45, 7) is 1.65. The summed E-state index contributed by atoms with van der Waals surface area (Å²) in [5.41, 5.74) is 7.48. The van der Waals surface area contributed by atoms with Gasteiger partial charge in [-0.2, -0.15) is 0 Å². The Morgan fingerprint density at radius 2 is 1.22 bits per heavy atom. The lowest BCUT2D eigenvalue weighted by atomic mass is 9.84. The highest BCUT2D eigenvalue weighted by molar-refractivity contribution is 6.32. The van der Waals surface area contributed by atoms with Crippen molar-refractivity contribution < 1.29 is 14.3 Å². The smallest absolute Gasteiger partial charge is 0.408 e. The maximum Gasteiger partial charge on any atom is 0.408 e. The predicted octanol–water partition coefficient (Wildman–Crippen LogP) is 8.59. The molecule has 0 unspecified atom stereocenters. The van der Waals surface area contributed by atoms with Crippen LogP contribution in [0.25, 0.3) is 11.1 Å². The van der Waals surface area contributed by atoms with Gasteiger partial charge >= 0.3 is 6.09 Å². The lowest BCUT2D eigenvalue weighted by molar-refractivity contribution is 0.0904. The standard InChI is InChI=1S/C36H28ClNO3/c1-23(38-36(40)41-35-29-18-10-8-16-27(29)28-17-9-11-19-30(28)35)34(39)26-20-21-31(32(37)22-26)33(24-12-4-2-5-13-24)25-14-6-3-7-15-25/h2-23,33,35H,1H3,(H,38,40)/t23-/m0/s1. The first-order chi connectivity index (χ1) is 20.0. The largest absolute Gasteiger partial charge is 0.436 e. The Labute approximate surface area is 244 Å². The van der Waals surface area contributed by atoms with Crippen LogP contribution in [0.4, 0.5) is 4.79 Å². The second-order valence-corrected chi connectivity index (χ2v) is 10.6. The van der Waals surface area contributed by atoms with Crippen molar-refractivity contribution in [1.82, 2.24) is 5.32 Å². The molecule has 0 bridgehead atoms. The van der Waals surface area contributed by atoms with Gasteiger partial charge in [-0.25, -0.2) is 4.79 Å². The van der Waals surface area contributed by atoms with Gasteiger partial charge in [-0.3, -0.25) is 4.79 Å². The Morgan fingerprint density at radius 1 is 0.707 bits per heavy atom. The molecule has 202 valence electrons. The summed E-state index contributed by atoms with van der Waals surface area (Å²) in [7, 11) is 0. The number of benzene rings is 5. The average molecular weight is 558 g/mol. The molecule has 0 spiro atoms. The molecule has 0 saturated carbocycles. The summed E-state index contributed by atoms with van der Waals surface area (Å²) in [6.07, 6.45) is -1.19. The number of halogens is 1. The molecule has 1 amide bonds. The fourth-order valence-electron chi connectivity index (χ4n) is 5.63. The lowest BCUT2D eigenvalue weighted by Gasteiger charge is -2.21. The molecule has 1 aliphatic rings. The van der Waals surface area contributed by atoms with Crippen molar-refractivity contribution in [2.75, 3.05) is 0 Å². The highest BCUT2D eigenvalue weighted by atomic mass is 35.5. The number of amides is 1. The van der Waals surface area contributed by atoms with Crippen molar-refractivity contribution in [3.63, 3.8) is 0 Å². The number of hydrogen-bond acceptors (Lipinski definition) is 3. The highest BCUT2D eigenvalue weighted by Crippen LogP contribution is 2.45. The first-order valence-corrected chi connectivity index (χ1v) is 14.0. The fourth-order valence-corrected chi connectivity index (χ4v) is 5.92. The quantitative estimate of drug-likeness (QED) is 0.161. The fraction of sp³-hybridized carbons (Fsp3) is 0.111. The van der Waals surface area contributed by atoms with Gasteiger partial charge in [-0.15, -0.1) is 0 Å². The number of fused-ring (bicyclic) bond motifs is 3. The van der Waals surface area contributed by atoms with E-state index < -0.39 is 18.2 Å². The first-order valence-electron chi connectivity index (χ1n) is 13.6. The molecule has 0 radical (unpaired) electrons. The molecule has 0 aliphatic heterocycles. The zero-order valence-electron chi connectivity index (χ0n) is 22.5. The molecule has 0 heterocycles. The van der Waals surface area contributed by atoms with Gasteiger partial charge in [-0.1, -0.05) is 133 Å². The molecular weight excluding hydrogens is 530 g/mol. The third-order valence-corrected chi connectivity index (χ3v) is 7.92. The van der Waals surface area contributed by atoms with E-state index in [1.807, 2.05) is 91.0 Å². The zero-order chi connectivity index (χ0) is 28.3. The second-order valence-electron chi connectivity index (χ2n) is 10.2. The molecular formula is C36H28ClNO3. The van der Waals surface area contributed by atoms with Gasteiger partial charge in [0.2, 0.25) is 0 Å². The molecule has 0 saturated heterocycles. The number of carbonyl (C=O) groups excluding carboxylic acids is 2. The summed E-state index contributed by atoms with van der Waals surface area (Å²) < 4.78 is 5.86. The molecule has 0 aromatic heterocycles. The van der Waals surface area contributed by atoms with Crippen LogP contribution in [0.3, 0.4) is 0 Å². The summed E-state index contributed by atoms with van der Waals surface area (Å²) in [4.78, 5) is 26.3. The molecule has 5 heteroatoms. The van der Waals surface area contributed by atoms with Crippen LogP contribution in [-0.2, 0) is 4.74 Å². The van der Waals surface area contributed by atoms with Gasteiger partial charge in [0.1, 0.15) is 0 Å². The number of ether oxygens (including phenoxy) is 1. The van der Waals surface area contributed by atoms with Crippen molar-refractivity contribution in [3.05, 3.63) is 166 Å². The number of carbonyl (C=O) groups is 2. The number of rotatable bonds is 7. The predicted molar refractivity (Wildman–Crippen MR) is 162 cm³/mol. The van der Waals surface area contributed by atoms with Crippen LogP contribution in [0, 0.1) is 0 Å². The van der Waals surface area contributed by atoms with E-state index in [0.29, 0.717) is 10.6 Å². The van der Waals surface area contributed by atoms with Crippen molar-refractivity contribution in [1.29, 1.82) is 0 Å². The van der Waals surface area contributed by atoms with Gasteiger partial charge in [0.25, 0.3) is 0 Å². The van der Waals surface area contributed by atoms with Crippen molar-refractivity contribution in [2.24, 2.45) is 0 Å². The molecule has 41 heavy (non-hydrogen) atoms. The number of Topliss-reactive ketones (excluding diaryl/α,β-unsaturated/α-hetero) is 1. The molecule has 4 nitrogen and oxygen atoms in total. The second kappa shape index (κ2) is 11.4. The van der Waals surface area contributed by atoms with Crippen LogP contribution >= 0.6 is 11.6 Å². The van der Waals surface area contributed by atoms with Crippen molar-refractivity contribution in [3.8, 4) is 11.1 Å². The third-order valence-electron chi connectivity index (χ3n) is 7.59. The molecule has 1 atom stereocenters. The normalized spacial score (nSPS) is 12.9. The van der Waals surface area contributed by atoms with E-state index >= 15 is 0 Å². The Morgan fingerprint density at radius 3 is 1.76 bits per heavy atom. The topological polar surface area (TPSA) is 55.4 Å². The molecule has 1 N–H and O–H groups in total. The van der Waals surface area contributed by atoms with Gasteiger partial charge in [0.15, 0.2) is 11.9 Å². The molecule has 6 rings (SSSR count). The van der Waals surface area contributed by atoms with E-state index in [4.69, 9.17) is 16.3 Å². The maximum absolute atomic E-state index is 13.4. The lowest BCUT2D eigenvalue weighted by Crippen LogP contribution is -2.39. The van der Waals surface area contributed by atoms with Gasteiger partial charge in [-0.05, 0) is 40.8 Å². The van der Waals surface area contributed by atoms with E-state index in [1.54, 1.807) is 19.1 Å². The van der Waals surface area contributed by atoms with Crippen LogP contribution in [0.5, 0.6) is 0 Å². The van der Waals surface area contributed by atoms with Crippen LogP contribution in [0.1, 0.15) is 57.1 Å². The zero-order valence-corrected chi connectivity index (χ0v) is 23.2. The number of hydrogen-bond donors (Lipinski definition) is 1. The summed E-state index contributed by atoms with van der Waals surface area (Å²) in [6, 6.07) is 40.6. The van der Waals surface area contributed by atoms with E-state index in [2.05, 4.69) is 29.6 Å². The van der Waals surface area contributed by atoms with Crippen LogP contribution < -0.4 is 5.32 Å². The Balaban J connectivity index is 1.19. The van der Waals surface area contributed by atoms with Gasteiger partial charge in [0.05, 0.1) is 6.04 Å². The Hall–Kier alpha value is -4.67. The molecule has 0 fully saturated rings. The Kier molecular flexibility index (Phi) is 7.41. The summed E-state index contributed by atoms with van der Waals surface area (Å²) in [5, 5.41) is 3.21. The SMILES string of the molecule is C[C@H](NC(=O)OC1c2ccccc2-c2ccccc21)C(=O)c1ccc(C(c2ccccc2)c2ccccc2)c(Cl)c1. The Bertz CT molecular complexity index is 1630. The highest BCUT2D eigenvalue weighted by Gasteiger charge is 2.32. The van der Waals surface area contributed by atoms with Crippen LogP contribution in [0.2, 0.25) is 5.02 Å². The average Bonchev–Trinajstić information content (AvgIpc) is 3.32. The van der Waals surface area contributed by atoms with Crippen molar-refractivity contribution >= 4 is 23.5 Å². The minimum absolute atomic E-state index is 0.0863. The minimum Gasteiger partial charge on any atom is -0.436 e. The maximum atomic E-state index is 13.4. The first kappa shape index (κ1) is 26.5. The van der Waals surface area contributed by atoms with E-state index in [9.17, 15) is 9.59 Å². The van der Waals surface area contributed by atoms with E-state index in [-0.39, 0.29) is 11.7 Å². The monoisotopic (exact) mass is 557 g/mol.